The van der Waals surface area contributed by atoms with Gasteiger partial charge in [0, 0.05) is 11.1 Å². The molecule has 1 spiro atoms. The number of rotatable bonds is 1. The first-order valence-electron chi connectivity index (χ1n) is 11.4. The third kappa shape index (κ3) is 2.42. The largest absolute Gasteiger partial charge is 0.457 e. The molecule has 5 aromatic rings. The standard InChI is InChI=1S/C32H22O/c1-21-14-16-22(17-15-21)23-18-19-25-24-8-2-3-9-26(24)32(29(25)20-23)27-10-4-6-12-30(27)33-31-13-7-5-11-28(31)32/h2-20H,1H3. The lowest BCUT2D eigenvalue weighted by atomic mass is 9.66. The minimum absolute atomic E-state index is 0.405. The molecule has 0 radical (unpaired) electrons. The summed E-state index contributed by atoms with van der Waals surface area (Å²) in [4.78, 5) is 0. The van der Waals surface area contributed by atoms with Crippen molar-refractivity contribution in [2.45, 2.75) is 12.3 Å². The van der Waals surface area contributed by atoms with Crippen molar-refractivity contribution >= 4 is 0 Å². The monoisotopic (exact) mass is 422 g/mol. The second kappa shape index (κ2) is 6.70. The summed E-state index contributed by atoms with van der Waals surface area (Å²) in [5.74, 6) is 1.86. The lowest BCUT2D eigenvalue weighted by Crippen LogP contribution is -2.32. The molecule has 0 saturated carbocycles. The van der Waals surface area contributed by atoms with Gasteiger partial charge in [-0.3, -0.25) is 0 Å². The number of hydrogen-bond acceptors (Lipinski definition) is 1. The fraction of sp³-hybridized carbons (Fsp3) is 0.0625. The zero-order chi connectivity index (χ0) is 22.0. The van der Waals surface area contributed by atoms with Gasteiger partial charge in [0.15, 0.2) is 0 Å². The molecular weight excluding hydrogens is 400 g/mol. The van der Waals surface area contributed by atoms with Gasteiger partial charge in [0.05, 0.1) is 5.41 Å². The Hall–Kier alpha value is -4.10. The number of fused-ring (bicyclic) bond motifs is 9. The Morgan fingerprint density at radius 1 is 0.485 bits per heavy atom. The lowest BCUT2D eigenvalue weighted by molar-refractivity contribution is 0.436. The molecular formula is C32H22O. The molecule has 1 heterocycles. The van der Waals surface area contributed by atoms with Crippen LogP contribution in [-0.2, 0) is 5.41 Å². The van der Waals surface area contributed by atoms with Gasteiger partial charge in [0.25, 0.3) is 0 Å². The molecule has 33 heavy (non-hydrogen) atoms. The first-order valence-corrected chi connectivity index (χ1v) is 11.4. The molecule has 156 valence electrons. The van der Waals surface area contributed by atoms with Crippen LogP contribution in [-0.4, -0.2) is 0 Å². The Morgan fingerprint density at radius 3 is 1.73 bits per heavy atom. The summed E-state index contributed by atoms with van der Waals surface area (Å²) in [6.07, 6.45) is 0. The number of aryl methyl sites for hydroxylation is 1. The van der Waals surface area contributed by atoms with Crippen molar-refractivity contribution in [1.82, 2.24) is 0 Å². The topological polar surface area (TPSA) is 9.23 Å². The van der Waals surface area contributed by atoms with Crippen molar-refractivity contribution in [1.29, 1.82) is 0 Å². The van der Waals surface area contributed by atoms with Gasteiger partial charge in [0.2, 0.25) is 0 Å². The molecule has 1 heteroatoms. The van der Waals surface area contributed by atoms with Gasteiger partial charge in [0.1, 0.15) is 11.5 Å². The van der Waals surface area contributed by atoms with Crippen LogP contribution < -0.4 is 4.74 Å². The highest BCUT2D eigenvalue weighted by Gasteiger charge is 2.50. The zero-order valence-electron chi connectivity index (χ0n) is 18.4. The maximum atomic E-state index is 6.42. The molecule has 2 aliphatic rings. The Labute approximate surface area is 193 Å². The summed E-state index contributed by atoms with van der Waals surface area (Å²) in [6, 6.07) is 41.7. The van der Waals surface area contributed by atoms with Gasteiger partial charge in [-0.2, -0.15) is 0 Å². The molecule has 0 saturated heterocycles. The first kappa shape index (κ1) is 18.5. The Kier molecular flexibility index (Phi) is 3.75. The highest BCUT2D eigenvalue weighted by Crippen LogP contribution is 2.62. The minimum atomic E-state index is -0.405. The molecule has 0 fully saturated rings. The Bertz CT molecular complexity index is 1500. The molecule has 0 unspecified atom stereocenters. The molecule has 1 aliphatic heterocycles. The number of benzene rings is 5. The second-order valence-electron chi connectivity index (χ2n) is 9.02. The van der Waals surface area contributed by atoms with Crippen molar-refractivity contribution in [3.63, 3.8) is 0 Å². The van der Waals surface area contributed by atoms with E-state index in [2.05, 4.69) is 122 Å². The van der Waals surface area contributed by atoms with Crippen molar-refractivity contribution in [2.75, 3.05) is 0 Å². The molecule has 0 bridgehead atoms. The third-order valence-electron chi connectivity index (χ3n) is 7.23. The van der Waals surface area contributed by atoms with E-state index in [0.717, 1.165) is 11.5 Å². The maximum absolute atomic E-state index is 6.42. The SMILES string of the molecule is Cc1ccc(-c2ccc3c(c2)C2(c4ccccc4Oc4ccccc42)c2ccccc2-3)cc1. The van der Waals surface area contributed by atoms with E-state index in [0.29, 0.717) is 0 Å². The third-order valence-corrected chi connectivity index (χ3v) is 7.23. The highest BCUT2D eigenvalue weighted by atomic mass is 16.5. The zero-order valence-corrected chi connectivity index (χ0v) is 18.4. The average Bonchev–Trinajstić information content (AvgIpc) is 3.15. The molecule has 7 rings (SSSR count). The van der Waals surface area contributed by atoms with E-state index >= 15 is 0 Å². The quantitative estimate of drug-likeness (QED) is 0.259. The van der Waals surface area contributed by atoms with Gasteiger partial charge in [-0.1, -0.05) is 103 Å². The highest BCUT2D eigenvalue weighted by molar-refractivity contribution is 5.90. The first-order chi connectivity index (χ1) is 16.3. The van der Waals surface area contributed by atoms with E-state index in [1.807, 2.05) is 0 Å². The molecule has 1 nitrogen and oxygen atoms in total. The maximum Gasteiger partial charge on any atom is 0.132 e. The summed E-state index contributed by atoms with van der Waals surface area (Å²) < 4.78 is 6.42. The number of para-hydroxylation sites is 2. The van der Waals surface area contributed by atoms with Gasteiger partial charge in [-0.25, -0.2) is 0 Å². The molecule has 5 aromatic carbocycles. The molecule has 0 N–H and O–H groups in total. The van der Waals surface area contributed by atoms with E-state index in [1.165, 1.54) is 50.1 Å². The van der Waals surface area contributed by atoms with Crippen LogP contribution in [0.25, 0.3) is 22.3 Å². The van der Waals surface area contributed by atoms with Crippen LogP contribution in [0.1, 0.15) is 27.8 Å². The number of hydrogen-bond donors (Lipinski definition) is 0. The van der Waals surface area contributed by atoms with Crippen LogP contribution in [0.15, 0.2) is 115 Å². The summed E-state index contributed by atoms with van der Waals surface area (Å²) in [6.45, 7) is 2.13. The van der Waals surface area contributed by atoms with Gasteiger partial charge >= 0.3 is 0 Å². The van der Waals surface area contributed by atoms with E-state index in [1.54, 1.807) is 0 Å². The molecule has 0 atom stereocenters. The smallest absolute Gasteiger partial charge is 0.132 e. The Morgan fingerprint density at radius 2 is 1.03 bits per heavy atom. The average molecular weight is 423 g/mol. The van der Waals surface area contributed by atoms with E-state index in [9.17, 15) is 0 Å². The van der Waals surface area contributed by atoms with E-state index < -0.39 is 5.41 Å². The normalized spacial score (nSPS) is 14.1. The summed E-state index contributed by atoms with van der Waals surface area (Å²) in [5.41, 5.74) is 11.0. The fourth-order valence-corrected chi connectivity index (χ4v) is 5.78. The summed E-state index contributed by atoms with van der Waals surface area (Å²) >= 11 is 0. The lowest BCUT2D eigenvalue weighted by Gasteiger charge is -2.39. The molecule has 1 aliphatic carbocycles. The number of ether oxygens (including phenoxy) is 1. The Balaban J connectivity index is 1.62. The van der Waals surface area contributed by atoms with Crippen molar-refractivity contribution < 1.29 is 4.74 Å². The van der Waals surface area contributed by atoms with E-state index in [4.69, 9.17) is 4.74 Å². The predicted octanol–water partition coefficient (Wildman–Crippen LogP) is 8.13. The van der Waals surface area contributed by atoms with Crippen molar-refractivity contribution in [2.24, 2.45) is 0 Å². The van der Waals surface area contributed by atoms with Gasteiger partial charge < -0.3 is 4.74 Å². The second-order valence-corrected chi connectivity index (χ2v) is 9.02. The van der Waals surface area contributed by atoms with Crippen LogP contribution >= 0.6 is 0 Å². The van der Waals surface area contributed by atoms with E-state index in [-0.39, 0.29) is 0 Å². The van der Waals surface area contributed by atoms with Crippen LogP contribution in [0.2, 0.25) is 0 Å². The van der Waals surface area contributed by atoms with Crippen LogP contribution in [0.4, 0.5) is 0 Å². The molecule has 0 aromatic heterocycles. The van der Waals surface area contributed by atoms with Crippen LogP contribution in [0, 0.1) is 6.92 Å². The van der Waals surface area contributed by atoms with Gasteiger partial charge in [-0.15, -0.1) is 0 Å². The van der Waals surface area contributed by atoms with Crippen LogP contribution in [0.3, 0.4) is 0 Å². The summed E-state index contributed by atoms with van der Waals surface area (Å²) in [5, 5.41) is 0. The van der Waals surface area contributed by atoms with Crippen molar-refractivity contribution in [3.05, 3.63) is 143 Å². The van der Waals surface area contributed by atoms with Crippen molar-refractivity contribution in [3.8, 4) is 33.8 Å². The molecule has 0 amide bonds. The fourth-order valence-electron chi connectivity index (χ4n) is 5.78. The minimum Gasteiger partial charge on any atom is -0.457 e. The summed E-state index contributed by atoms with van der Waals surface area (Å²) in [7, 11) is 0. The van der Waals surface area contributed by atoms with Crippen LogP contribution in [0.5, 0.6) is 11.5 Å². The van der Waals surface area contributed by atoms with Gasteiger partial charge in [-0.05, 0) is 58.5 Å². The predicted molar refractivity (Wildman–Crippen MR) is 134 cm³/mol.